The SMILES string of the molecule is Cc1c(-c2ccc(N3CCc4cccc(C(=O)Nc5nc6ccccc6s5)c4C3)nc2C(=O)O)cnn1CC12CC3(C)CC(C)(C1)CC(OCCOCCNC(=O)OC/C=C/c1ccc(O[C@@H]4O[C@H](C(=O)O)[C@@H](O)[C@H](O)[C@H]4O)c(NCCCN)c1)(C3)C2. The van der Waals surface area contributed by atoms with Crippen molar-refractivity contribution in [3.8, 4) is 16.9 Å². The van der Waals surface area contributed by atoms with Gasteiger partial charge >= 0.3 is 18.0 Å². The number of ether oxygens (including phenoxy) is 5. The number of amides is 2. The lowest BCUT2D eigenvalue weighted by Gasteiger charge is -2.69. The molecule has 23 nitrogen and oxygen atoms in total. The van der Waals surface area contributed by atoms with Gasteiger partial charge in [0.2, 0.25) is 6.29 Å². The number of carbonyl (C=O) groups is 4. The third kappa shape index (κ3) is 13.3. The van der Waals surface area contributed by atoms with Crippen LogP contribution in [0.5, 0.6) is 5.75 Å². The van der Waals surface area contributed by atoms with E-state index in [-0.39, 0.29) is 59.0 Å². The molecule has 3 aromatic heterocycles. The Hall–Kier alpha value is -7.55. The molecule has 1 saturated heterocycles. The number of alkyl carbamates (subject to hydrolysis) is 1. The molecular formula is C63H75N9O14S. The van der Waals surface area contributed by atoms with Crippen molar-refractivity contribution < 1.29 is 68.4 Å². The van der Waals surface area contributed by atoms with E-state index in [0.29, 0.717) is 97.7 Å². The van der Waals surface area contributed by atoms with Crippen molar-refractivity contribution in [1.29, 1.82) is 0 Å². The number of aliphatic hydroxyl groups excluding tert-OH is 3. The average molecular weight is 1210 g/mol. The molecule has 5 heterocycles. The summed E-state index contributed by atoms with van der Waals surface area (Å²) < 4.78 is 32.3. The van der Waals surface area contributed by atoms with Gasteiger partial charge in [-0.2, -0.15) is 5.10 Å². The van der Waals surface area contributed by atoms with Crippen LogP contribution in [-0.4, -0.2) is 158 Å². The van der Waals surface area contributed by atoms with Crippen molar-refractivity contribution in [3.05, 3.63) is 119 Å². The lowest BCUT2D eigenvalue weighted by molar-refractivity contribution is -0.271. The number of para-hydroxylation sites is 1. The number of fused-ring (bicyclic) bond motifs is 2. The van der Waals surface area contributed by atoms with Gasteiger partial charge in [0.15, 0.2) is 16.9 Å². The average Bonchev–Trinajstić information content (AvgIpc) is 1.12. The Labute approximate surface area is 506 Å². The van der Waals surface area contributed by atoms with Gasteiger partial charge in [-0.05, 0) is 146 Å². The van der Waals surface area contributed by atoms with Crippen molar-refractivity contribution in [2.45, 2.75) is 122 Å². The molecule has 4 saturated carbocycles. The molecule has 462 valence electrons. The zero-order chi connectivity index (χ0) is 61.3. The molecule has 6 aliphatic rings. The number of aromatic nitrogens is 4. The number of thiazole rings is 1. The minimum atomic E-state index is -1.86. The maximum Gasteiger partial charge on any atom is 0.407 e. The predicted molar refractivity (Wildman–Crippen MR) is 324 cm³/mol. The molecule has 2 amide bonds. The quantitative estimate of drug-likeness (QED) is 0.0275. The van der Waals surface area contributed by atoms with Crippen LogP contribution in [0, 0.1) is 23.2 Å². The molecule has 0 spiro atoms. The minimum absolute atomic E-state index is 0.0387. The molecule has 6 aromatic rings. The highest BCUT2D eigenvalue weighted by Gasteiger charge is 2.66. The van der Waals surface area contributed by atoms with Crippen molar-refractivity contribution in [2.24, 2.45) is 22.0 Å². The van der Waals surface area contributed by atoms with Crippen molar-refractivity contribution in [1.82, 2.24) is 25.1 Å². The first-order valence-electron chi connectivity index (χ1n) is 29.5. The number of hydrogen-bond acceptors (Lipinski definition) is 19. The smallest absolute Gasteiger partial charge is 0.407 e. The van der Waals surface area contributed by atoms with Crippen LogP contribution in [0.3, 0.4) is 0 Å². The van der Waals surface area contributed by atoms with Crippen LogP contribution in [0.25, 0.3) is 27.4 Å². The summed E-state index contributed by atoms with van der Waals surface area (Å²) in [5.41, 5.74) is 11.8. The van der Waals surface area contributed by atoms with E-state index >= 15 is 0 Å². The highest BCUT2D eigenvalue weighted by Crippen LogP contribution is 2.72. The summed E-state index contributed by atoms with van der Waals surface area (Å²) in [4.78, 5) is 62.4. The van der Waals surface area contributed by atoms with Gasteiger partial charge in [0.25, 0.3) is 5.91 Å². The number of nitrogens with one attached hydrogen (secondary N) is 3. The van der Waals surface area contributed by atoms with Gasteiger partial charge in [0.05, 0.1) is 47.5 Å². The predicted octanol–water partition coefficient (Wildman–Crippen LogP) is 7.00. The van der Waals surface area contributed by atoms with E-state index in [2.05, 4.69) is 34.8 Å². The maximum atomic E-state index is 13.8. The number of aliphatic carboxylic acids is 1. The highest BCUT2D eigenvalue weighted by molar-refractivity contribution is 7.22. The first-order valence-corrected chi connectivity index (χ1v) is 30.3. The summed E-state index contributed by atoms with van der Waals surface area (Å²) in [5, 5.41) is 65.3. The van der Waals surface area contributed by atoms with E-state index in [4.69, 9.17) is 39.5 Å². The number of nitrogens with zero attached hydrogens (tertiary/aromatic N) is 5. The molecule has 3 aromatic carbocycles. The van der Waals surface area contributed by atoms with E-state index in [0.717, 1.165) is 65.6 Å². The number of benzene rings is 3. The van der Waals surface area contributed by atoms with Gasteiger partial charge in [0, 0.05) is 55.1 Å². The van der Waals surface area contributed by atoms with Gasteiger partial charge in [0.1, 0.15) is 36.5 Å². The second-order valence-electron chi connectivity index (χ2n) is 24.7. The molecule has 2 unspecified atom stereocenters. The Bertz CT molecular complexity index is 3520. The Morgan fingerprint density at radius 1 is 0.874 bits per heavy atom. The van der Waals surface area contributed by atoms with Crippen LogP contribution < -0.4 is 31.3 Å². The molecule has 10 N–H and O–H groups in total. The van der Waals surface area contributed by atoms with Crippen LogP contribution in [-0.2, 0) is 43.3 Å². The number of carbonyl (C=O) groups excluding carboxylic acids is 2. The Kier molecular flexibility index (Phi) is 17.8. The zero-order valence-electron chi connectivity index (χ0n) is 48.9. The van der Waals surface area contributed by atoms with Gasteiger partial charge in [-0.1, -0.05) is 61.6 Å². The third-order valence-electron chi connectivity index (χ3n) is 17.5. The van der Waals surface area contributed by atoms with Crippen LogP contribution in [0.2, 0.25) is 0 Å². The third-order valence-corrected chi connectivity index (χ3v) is 18.5. The number of anilines is 3. The second-order valence-corrected chi connectivity index (χ2v) is 25.7. The Balaban J connectivity index is 0.659. The lowest BCUT2D eigenvalue weighted by Crippen LogP contribution is -2.64. The second kappa shape index (κ2) is 25.3. The van der Waals surface area contributed by atoms with Crippen molar-refractivity contribution in [2.75, 3.05) is 68.1 Å². The van der Waals surface area contributed by atoms with E-state index in [1.165, 1.54) is 11.3 Å². The monoisotopic (exact) mass is 1210 g/mol. The Morgan fingerprint density at radius 3 is 2.45 bits per heavy atom. The van der Waals surface area contributed by atoms with Gasteiger partial charge in [-0.3, -0.25) is 14.8 Å². The molecule has 4 bridgehead atoms. The number of carboxylic acid groups (broad SMARTS) is 2. The zero-order valence-corrected chi connectivity index (χ0v) is 49.7. The van der Waals surface area contributed by atoms with Gasteiger partial charge < -0.3 is 70.5 Å². The molecule has 5 fully saturated rings. The van der Waals surface area contributed by atoms with E-state index in [1.54, 1.807) is 36.5 Å². The largest absolute Gasteiger partial charge is 0.479 e. The number of aromatic carboxylic acids is 1. The fourth-order valence-corrected chi connectivity index (χ4v) is 15.8. The lowest BCUT2D eigenvalue weighted by atomic mass is 9.39. The van der Waals surface area contributed by atoms with Gasteiger partial charge in [-0.15, -0.1) is 0 Å². The normalized spacial score (nSPS) is 26.4. The van der Waals surface area contributed by atoms with Crippen LogP contribution >= 0.6 is 11.3 Å². The number of pyridine rings is 1. The van der Waals surface area contributed by atoms with E-state index < -0.39 is 48.7 Å². The standard InChI is InChI=1S/C63H75N9O14S/c1-37-42(40-15-17-48(69-49(40)55(77)78)71-22-18-39-10-6-11-41(43(39)29-71)54(76)70-58-68-44-12-4-5-13-47(44)87-58)28-67-72(37)36-62-31-60(2)30-61(3,32-62)34-63(33-60,35-62)84-26-25-82-24-21-66-59(81)83-23-7-9-38-14-16-46(45(27-38)65-20-8-19-64)85-57-52(75)50(73)51(74)53(86-57)56(79)80/h4-7,9-17,27-28,50-53,57,65,73-75H,8,18-26,29-36,64H2,1-3H3,(H,66,81)(H,77,78)(H,79,80)(H,68,70,76)/b9-7+/t50-,51-,52+,53-,57+,60?,61?,62?,63?/m0/s1. The summed E-state index contributed by atoms with van der Waals surface area (Å²) in [6, 6.07) is 22.1. The molecule has 7 atom stereocenters. The molecule has 4 aliphatic carbocycles. The van der Waals surface area contributed by atoms with E-state index in [1.807, 2.05) is 71.1 Å². The van der Waals surface area contributed by atoms with Crippen molar-refractivity contribution >= 4 is 68.2 Å². The topological polar surface area (TPSA) is 325 Å². The molecule has 12 rings (SSSR count). The molecule has 24 heteroatoms. The number of carboxylic acids is 2. The number of aliphatic hydroxyl groups is 3. The number of hydrogen-bond donors (Lipinski definition) is 9. The molecule has 0 radical (unpaired) electrons. The van der Waals surface area contributed by atoms with E-state index in [9.17, 15) is 44.7 Å². The fourth-order valence-electron chi connectivity index (χ4n) is 14.9. The summed E-state index contributed by atoms with van der Waals surface area (Å²) in [6.45, 7) is 10.4. The van der Waals surface area contributed by atoms with Crippen molar-refractivity contribution in [3.63, 3.8) is 0 Å². The maximum absolute atomic E-state index is 13.8. The first-order chi connectivity index (χ1) is 41.7. The van der Waals surface area contributed by atoms with Crippen LogP contribution in [0.1, 0.15) is 102 Å². The number of rotatable bonds is 24. The Morgan fingerprint density at radius 2 is 1.68 bits per heavy atom. The summed E-state index contributed by atoms with van der Waals surface area (Å²) in [5.74, 6) is -2.22. The molecule has 87 heavy (non-hydrogen) atoms. The molecular weight excluding hydrogens is 1140 g/mol. The minimum Gasteiger partial charge on any atom is -0.479 e. The number of nitrogens with two attached hydrogens (primary N) is 1. The first kappa shape index (κ1) is 61.1. The van der Waals surface area contributed by atoms with Crippen LogP contribution in [0.15, 0.2) is 85.1 Å². The van der Waals surface area contributed by atoms with Crippen LogP contribution in [0.4, 0.5) is 21.4 Å². The molecule has 2 aliphatic heterocycles. The summed E-state index contributed by atoms with van der Waals surface area (Å²) in [6.07, 6.45) is 2.90. The fraction of sp³-hybridized carbons (Fsp3) is 0.476. The summed E-state index contributed by atoms with van der Waals surface area (Å²) >= 11 is 1.42. The highest BCUT2D eigenvalue weighted by atomic mass is 32.1. The summed E-state index contributed by atoms with van der Waals surface area (Å²) in [7, 11) is 0. The van der Waals surface area contributed by atoms with Gasteiger partial charge in [-0.25, -0.2) is 24.4 Å².